The van der Waals surface area contributed by atoms with Gasteiger partial charge in [0.25, 0.3) is 0 Å². The molecule has 0 aliphatic heterocycles. The molecule has 0 atom stereocenters. The van der Waals surface area contributed by atoms with Crippen molar-refractivity contribution in [3.8, 4) is 0 Å². The Bertz CT molecular complexity index is 327. The average molecular weight is 222 g/mol. The molecule has 1 nitrogen and oxygen atoms in total. The molecule has 2 N–H and O–H groups in total. The van der Waals surface area contributed by atoms with Gasteiger partial charge >= 0.3 is 0 Å². The molecule has 0 amide bonds. The van der Waals surface area contributed by atoms with E-state index in [1.165, 1.54) is 10.4 Å². The van der Waals surface area contributed by atoms with Crippen LogP contribution in [0.25, 0.3) is 0 Å². The number of nitrogens with two attached hydrogens (primary N) is 1. The van der Waals surface area contributed by atoms with Gasteiger partial charge in [0.15, 0.2) is 0 Å². The Kier molecular flexibility index (Phi) is 3.22. The number of hydrogen-bond acceptors (Lipinski definition) is 1. The second-order valence-electron chi connectivity index (χ2n) is 5.09. The van der Waals surface area contributed by atoms with E-state index < -0.39 is 8.07 Å². The van der Waals surface area contributed by atoms with E-state index in [-0.39, 0.29) is 8.80 Å². The van der Waals surface area contributed by atoms with E-state index in [1.807, 2.05) is 0 Å². The fourth-order valence-electron chi connectivity index (χ4n) is 1.37. The second-order valence-corrected chi connectivity index (χ2v) is 12.7. The first kappa shape index (κ1) is 11.5. The molecular formula is C11H20NSi2. The Balaban J connectivity index is 3.21. The molecule has 0 unspecified atom stereocenters. The minimum atomic E-state index is -1.21. The minimum absolute atomic E-state index is 0.374. The molecule has 0 aromatic heterocycles. The third-order valence-corrected chi connectivity index (χ3v) is 5.86. The summed E-state index contributed by atoms with van der Waals surface area (Å²) in [6.45, 7) is 11.7. The average Bonchev–Trinajstić information content (AvgIpc) is 2.01. The number of nitrogen functional groups attached to an aromatic ring is 1. The van der Waals surface area contributed by atoms with Crippen molar-refractivity contribution in [3.05, 3.63) is 18.2 Å². The molecule has 14 heavy (non-hydrogen) atoms. The van der Waals surface area contributed by atoms with E-state index in [1.54, 1.807) is 0 Å². The van der Waals surface area contributed by atoms with Crippen molar-refractivity contribution >= 4 is 32.9 Å². The van der Waals surface area contributed by atoms with Gasteiger partial charge in [-0.2, -0.15) is 0 Å². The summed E-state index contributed by atoms with van der Waals surface area (Å²) in [6.07, 6.45) is 0. The summed E-state index contributed by atoms with van der Waals surface area (Å²) in [5, 5.41) is 2.95. The Morgan fingerprint density at radius 1 is 1.07 bits per heavy atom. The van der Waals surface area contributed by atoms with Crippen molar-refractivity contribution in [1.82, 2.24) is 0 Å². The van der Waals surface area contributed by atoms with Crippen LogP contribution in [0.1, 0.15) is 0 Å². The molecule has 0 heterocycles. The Hall–Kier alpha value is -0.546. The van der Waals surface area contributed by atoms with Crippen LogP contribution in [0, 0.1) is 0 Å². The normalized spacial score (nSPS) is 12.1. The predicted octanol–water partition coefficient (Wildman–Crippen LogP) is 1.78. The van der Waals surface area contributed by atoms with Gasteiger partial charge < -0.3 is 5.73 Å². The van der Waals surface area contributed by atoms with Gasteiger partial charge in [0.1, 0.15) is 0 Å². The van der Waals surface area contributed by atoms with Crippen molar-refractivity contribution in [3.63, 3.8) is 0 Å². The fourth-order valence-corrected chi connectivity index (χ4v) is 3.61. The van der Waals surface area contributed by atoms with Crippen molar-refractivity contribution in [2.45, 2.75) is 32.7 Å². The van der Waals surface area contributed by atoms with Gasteiger partial charge in [0.2, 0.25) is 0 Å². The van der Waals surface area contributed by atoms with E-state index in [2.05, 4.69) is 50.9 Å². The SMILES string of the molecule is C[Si](C)c1cc(N)cc([Si](C)(C)C)c1. The molecule has 1 aromatic carbocycles. The highest BCUT2D eigenvalue weighted by molar-refractivity contribution is 6.89. The highest BCUT2D eigenvalue weighted by atomic mass is 28.3. The molecule has 1 aromatic rings. The number of rotatable bonds is 2. The van der Waals surface area contributed by atoms with Crippen LogP contribution >= 0.6 is 0 Å². The highest BCUT2D eigenvalue weighted by Gasteiger charge is 2.17. The smallest absolute Gasteiger partial charge is 0.0792 e. The van der Waals surface area contributed by atoms with E-state index in [4.69, 9.17) is 5.73 Å². The van der Waals surface area contributed by atoms with Crippen molar-refractivity contribution in [1.29, 1.82) is 0 Å². The van der Waals surface area contributed by atoms with E-state index >= 15 is 0 Å². The Morgan fingerprint density at radius 2 is 1.64 bits per heavy atom. The lowest BCUT2D eigenvalue weighted by Crippen LogP contribution is -2.41. The second kappa shape index (κ2) is 3.91. The van der Waals surface area contributed by atoms with Crippen LogP contribution in [-0.4, -0.2) is 16.9 Å². The maximum Gasteiger partial charge on any atom is 0.0792 e. The summed E-state index contributed by atoms with van der Waals surface area (Å²) in [5.41, 5.74) is 6.87. The number of hydrogen-bond donors (Lipinski definition) is 1. The van der Waals surface area contributed by atoms with Crippen LogP contribution in [0.2, 0.25) is 32.7 Å². The maximum absolute atomic E-state index is 5.93. The molecule has 0 bridgehead atoms. The van der Waals surface area contributed by atoms with E-state index in [0.29, 0.717) is 0 Å². The molecule has 1 radical (unpaired) electrons. The highest BCUT2D eigenvalue weighted by Crippen LogP contribution is 2.05. The van der Waals surface area contributed by atoms with Gasteiger partial charge in [-0.3, -0.25) is 0 Å². The standard InChI is InChI=1S/C11H20NSi2/c1-13(2)10-6-9(12)7-11(8-10)14(3,4)5/h6-8H,12H2,1-5H3. The zero-order chi connectivity index (χ0) is 10.9. The molecule has 0 spiro atoms. The molecule has 0 fully saturated rings. The fraction of sp³-hybridized carbons (Fsp3) is 0.455. The monoisotopic (exact) mass is 222 g/mol. The van der Waals surface area contributed by atoms with Gasteiger partial charge in [-0.15, -0.1) is 0 Å². The molecule has 0 aliphatic carbocycles. The zero-order valence-corrected chi connectivity index (χ0v) is 11.8. The summed E-state index contributed by atoms with van der Waals surface area (Å²) in [6, 6.07) is 6.66. The van der Waals surface area contributed by atoms with Crippen molar-refractivity contribution in [2.24, 2.45) is 0 Å². The summed E-state index contributed by atoms with van der Waals surface area (Å²) in [4.78, 5) is 0. The first-order valence-corrected chi connectivity index (χ1v) is 11.0. The van der Waals surface area contributed by atoms with Gasteiger partial charge in [-0.05, 0) is 12.1 Å². The van der Waals surface area contributed by atoms with Crippen LogP contribution < -0.4 is 16.1 Å². The predicted molar refractivity (Wildman–Crippen MR) is 71.0 cm³/mol. The Labute approximate surface area is 90.0 Å². The van der Waals surface area contributed by atoms with Crippen LogP contribution in [-0.2, 0) is 0 Å². The molecule has 0 saturated heterocycles. The minimum Gasteiger partial charge on any atom is -0.399 e. The van der Waals surface area contributed by atoms with Crippen molar-refractivity contribution < 1.29 is 0 Å². The van der Waals surface area contributed by atoms with E-state index in [9.17, 15) is 0 Å². The number of anilines is 1. The quantitative estimate of drug-likeness (QED) is 0.599. The first-order chi connectivity index (χ1) is 6.30. The van der Waals surface area contributed by atoms with Crippen LogP contribution in [0.4, 0.5) is 5.69 Å². The van der Waals surface area contributed by atoms with Gasteiger partial charge in [-0.1, -0.05) is 49.2 Å². The van der Waals surface area contributed by atoms with Gasteiger partial charge in [-0.25, -0.2) is 0 Å². The third-order valence-electron chi connectivity index (χ3n) is 2.40. The topological polar surface area (TPSA) is 26.0 Å². The van der Waals surface area contributed by atoms with Crippen molar-refractivity contribution in [2.75, 3.05) is 5.73 Å². The van der Waals surface area contributed by atoms with Crippen LogP contribution in [0.3, 0.4) is 0 Å². The van der Waals surface area contributed by atoms with Crippen LogP contribution in [0.15, 0.2) is 18.2 Å². The molecular weight excluding hydrogens is 202 g/mol. The molecule has 3 heteroatoms. The first-order valence-electron chi connectivity index (χ1n) is 5.02. The number of benzene rings is 1. The van der Waals surface area contributed by atoms with Gasteiger partial charge in [0, 0.05) is 5.69 Å². The summed E-state index contributed by atoms with van der Waals surface area (Å²) >= 11 is 0. The summed E-state index contributed by atoms with van der Waals surface area (Å²) in [5.74, 6) is 0. The lowest BCUT2D eigenvalue weighted by atomic mass is 10.3. The largest absolute Gasteiger partial charge is 0.399 e. The molecule has 0 saturated carbocycles. The van der Waals surface area contributed by atoms with Gasteiger partial charge in [0.05, 0.1) is 16.9 Å². The third kappa shape index (κ3) is 2.72. The lowest BCUT2D eigenvalue weighted by Gasteiger charge is -2.19. The maximum atomic E-state index is 5.93. The summed E-state index contributed by atoms with van der Waals surface area (Å²) in [7, 11) is -1.58. The lowest BCUT2D eigenvalue weighted by molar-refractivity contribution is 1.68. The summed E-state index contributed by atoms with van der Waals surface area (Å²) < 4.78 is 0. The molecule has 1 rings (SSSR count). The van der Waals surface area contributed by atoms with E-state index in [0.717, 1.165) is 5.69 Å². The molecule has 0 aliphatic rings. The zero-order valence-electron chi connectivity index (χ0n) is 9.81. The van der Waals surface area contributed by atoms with Crippen LogP contribution in [0.5, 0.6) is 0 Å². The Morgan fingerprint density at radius 3 is 2.07 bits per heavy atom. The molecule has 77 valence electrons.